The van der Waals surface area contributed by atoms with Gasteiger partial charge in [-0.05, 0) is 29.8 Å². The lowest BCUT2D eigenvalue weighted by Crippen LogP contribution is -2.32. The summed E-state index contributed by atoms with van der Waals surface area (Å²) in [5.41, 5.74) is 1.69. The van der Waals surface area contributed by atoms with Crippen LogP contribution in [0.5, 0.6) is 0 Å². The van der Waals surface area contributed by atoms with Gasteiger partial charge in [0.15, 0.2) is 5.13 Å². The van der Waals surface area contributed by atoms with Gasteiger partial charge in [0, 0.05) is 27.5 Å². The Labute approximate surface area is 163 Å². The summed E-state index contributed by atoms with van der Waals surface area (Å²) >= 11 is 4.84. The molecule has 2 N–H and O–H groups in total. The highest BCUT2D eigenvalue weighted by molar-refractivity contribution is 9.10. The number of amides is 2. The highest BCUT2D eigenvalue weighted by atomic mass is 79.9. The van der Waals surface area contributed by atoms with E-state index in [0.29, 0.717) is 10.7 Å². The van der Waals surface area contributed by atoms with E-state index in [9.17, 15) is 9.59 Å². The Balaban J connectivity index is 1.49. The summed E-state index contributed by atoms with van der Waals surface area (Å²) in [5.74, 6) is -0.588. The number of thiazole rings is 1. The molecule has 0 saturated heterocycles. The van der Waals surface area contributed by atoms with Gasteiger partial charge < -0.3 is 10.6 Å². The Morgan fingerprint density at radius 1 is 1.04 bits per heavy atom. The van der Waals surface area contributed by atoms with Gasteiger partial charge in [-0.25, -0.2) is 4.98 Å². The number of carbonyl (C=O) groups is 2. The first-order chi connectivity index (χ1) is 12.6. The third kappa shape index (κ3) is 5.24. The molecule has 0 fully saturated rings. The fourth-order valence-electron chi connectivity index (χ4n) is 2.27. The standard InChI is InChI=1S/C19H16BrN3O2S/c20-15-8-6-13(7-9-15)10-16-11-22-19(26-16)23-17(24)12-21-18(25)14-4-2-1-3-5-14/h1-9,11H,10,12H2,(H,21,25)(H,22,23,24). The molecule has 1 aromatic heterocycles. The van der Waals surface area contributed by atoms with Crippen LogP contribution in [-0.2, 0) is 11.2 Å². The quantitative estimate of drug-likeness (QED) is 0.624. The van der Waals surface area contributed by atoms with Gasteiger partial charge in [-0.15, -0.1) is 11.3 Å². The lowest BCUT2D eigenvalue weighted by molar-refractivity contribution is -0.115. The van der Waals surface area contributed by atoms with Crippen molar-refractivity contribution in [1.29, 1.82) is 0 Å². The summed E-state index contributed by atoms with van der Waals surface area (Å²) in [6.07, 6.45) is 2.51. The number of carbonyl (C=O) groups excluding carboxylic acids is 2. The monoisotopic (exact) mass is 429 g/mol. The smallest absolute Gasteiger partial charge is 0.251 e. The first-order valence-corrected chi connectivity index (χ1v) is 9.53. The molecule has 5 nitrogen and oxygen atoms in total. The van der Waals surface area contributed by atoms with Crippen LogP contribution in [0.1, 0.15) is 20.8 Å². The van der Waals surface area contributed by atoms with Crippen molar-refractivity contribution in [2.75, 3.05) is 11.9 Å². The maximum atomic E-state index is 12.0. The van der Waals surface area contributed by atoms with Crippen molar-refractivity contribution < 1.29 is 9.59 Å². The third-order valence-electron chi connectivity index (χ3n) is 3.54. The van der Waals surface area contributed by atoms with Crippen LogP contribution in [0, 0.1) is 0 Å². The molecule has 0 spiro atoms. The minimum Gasteiger partial charge on any atom is -0.343 e. The van der Waals surface area contributed by atoms with E-state index in [1.54, 1.807) is 30.5 Å². The lowest BCUT2D eigenvalue weighted by Gasteiger charge is -2.04. The summed E-state index contributed by atoms with van der Waals surface area (Å²) in [7, 11) is 0. The van der Waals surface area contributed by atoms with Crippen molar-refractivity contribution >= 4 is 44.2 Å². The normalized spacial score (nSPS) is 10.3. The molecule has 26 heavy (non-hydrogen) atoms. The highest BCUT2D eigenvalue weighted by Crippen LogP contribution is 2.22. The predicted octanol–water partition coefficient (Wildman–Crippen LogP) is 3.86. The Morgan fingerprint density at radius 3 is 2.50 bits per heavy atom. The number of hydrogen-bond acceptors (Lipinski definition) is 4. The van der Waals surface area contributed by atoms with Gasteiger partial charge in [-0.3, -0.25) is 9.59 Å². The van der Waals surface area contributed by atoms with Crippen LogP contribution in [0.25, 0.3) is 0 Å². The van der Waals surface area contributed by atoms with Crippen molar-refractivity contribution in [3.63, 3.8) is 0 Å². The van der Waals surface area contributed by atoms with Gasteiger partial charge in [0.1, 0.15) is 0 Å². The van der Waals surface area contributed by atoms with Gasteiger partial charge in [-0.1, -0.05) is 46.3 Å². The predicted molar refractivity (Wildman–Crippen MR) is 106 cm³/mol. The Hall–Kier alpha value is -2.51. The van der Waals surface area contributed by atoms with Gasteiger partial charge in [-0.2, -0.15) is 0 Å². The molecule has 0 bridgehead atoms. The summed E-state index contributed by atoms with van der Waals surface area (Å²) in [6, 6.07) is 16.9. The van der Waals surface area contributed by atoms with Crippen molar-refractivity contribution in [1.82, 2.24) is 10.3 Å². The van der Waals surface area contributed by atoms with E-state index in [2.05, 4.69) is 31.5 Å². The topological polar surface area (TPSA) is 71.1 Å². The largest absolute Gasteiger partial charge is 0.343 e. The zero-order valence-electron chi connectivity index (χ0n) is 13.7. The molecular formula is C19H16BrN3O2S. The first-order valence-electron chi connectivity index (χ1n) is 7.92. The molecule has 0 aliphatic carbocycles. The molecule has 2 aromatic carbocycles. The Bertz CT molecular complexity index is 895. The van der Waals surface area contributed by atoms with E-state index in [0.717, 1.165) is 15.8 Å². The number of nitrogens with zero attached hydrogens (tertiary/aromatic N) is 1. The van der Waals surface area contributed by atoms with Crippen LogP contribution >= 0.6 is 27.3 Å². The summed E-state index contributed by atoms with van der Waals surface area (Å²) in [6.45, 7) is -0.102. The fourth-order valence-corrected chi connectivity index (χ4v) is 3.39. The van der Waals surface area contributed by atoms with Crippen LogP contribution in [-0.4, -0.2) is 23.3 Å². The maximum Gasteiger partial charge on any atom is 0.251 e. The lowest BCUT2D eigenvalue weighted by atomic mass is 10.1. The Kier molecular flexibility index (Phi) is 6.14. The number of hydrogen-bond donors (Lipinski definition) is 2. The zero-order chi connectivity index (χ0) is 18.4. The second kappa shape index (κ2) is 8.73. The van der Waals surface area contributed by atoms with Gasteiger partial charge in [0.05, 0.1) is 6.54 Å². The van der Waals surface area contributed by atoms with E-state index in [-0.39, 0.29) is 18.4 Å². The van der Waals surface area contributed by atoms with E-state index in [1.165, 1.54) is 16.9 Å². The molecule has 0 saturated carbocycles. The number of aromatic nitrogens is 1. The number of halogens is 1. The summed E-state index contributed by atoms with van der Waals surface area (Å²) < 4.78 is 1.04. The molecule has 0 unspecified atom stereocenters. The number of nitrogens with one attached hydrogen (secondary N) is 2. The molecule has 0 radical (unpaired) electrons. The summed E-state index contributed by atoms with van der Waals surface area (Å²) in [4.78, 5) is 29.2. The van der Waals surface area contributed by atoms with Crippen molar-refractivity contribution in [3.8, 4) is 0 Å². The van der Waals surface area contributed by atoms with Crippen LogP contribution in [0.3, 0.4) is 0 Å². The van der Waals surface area contributed by atoms with E-state index < -0.39 is 0 Å². The zero-order valence-corrected chi connectivity index (χ0v) is 16.1. The number of benzene rings is 2. The second-order valence-electron chi connectivity index (χ2n) is 5.53. The molecular weight excluding hydrogens is 414 g/mol. The average Bonchev–Trinajstić information content (AvgIpc) is 3.09. The van der Waals surface area contributed by atoms with Crippen molar-refractivity contribution in [2.45, 2.75) is 6.42 Å². The molecule has 3 aromatic rings. The first kappa shape index (κ1) is 18.3. The van der Waals surface area contributed by atoms with Crippen molar-refractivity contribution in [3.05, 3.63) is 81.3 Å². The summed E-state index contributed by atoms with van der Waals surface area (Å²) in [5, 5.41) is 5.83. The molecule has 3 rings (SSSR count). The molecule has 132 valence electrons. The SMILES string of the molecule is O=C(CNC(=O)c1ccccc1)Nc1ncc(Cc2ccc(Br)cc2)s1. The van der Waals surface area contributed by atoms with E-state index in [4.69, 9.17) is 0 Å². The van der Waals surface area contributed by atoms with Crippen molar-refractivity contribution in [2.24, 2.45) is 0 Å². The van der Waals surface area contributed by atoms with Gasteiger partial charge in [0.2, 0.25) is 5.91 Å². The van der Waals surface area contributed by atoms with Gasteiger partial charge in [0.25, 0.3) is 5.91 Å². The van der Waals surface area contributed by atoms with Crippen LogP contribution < -0.4 is 10.6 Å². The maximum absolute atomic E-state index is 12.0. The molecule has 1 heterocycles. The Morgan fingerprint density at radius 2 is 1.77 bits per heavy atom. The minimum absolute atomic E-state index is 0.102. The third-order valence-corrected chi connectivity index (χ3v) is 4.98. The minimum atomic E-state index is -0.307. The van der Waals surface area contributed by atoms with Gasteiger partial charge >= 0.3 is 0 Å². The fraction of sp³-hybridized carbons (Fsp3) is 0.105. The molecule has 0 aliphatic rings. The van der Waals surface area contributed by atoms with E-state index in [1.807, 2.05) is 30.3 Å². The number of rotatable bonds is 6. The van der Waals surface area contributed by atoms with Crippen LogP contribution in [0.4, 0.5) is 5.13 Å². The highest BCUT2D eigenvalue weighted by Gasteiger charge is 2.10. The van der Waals surface area contributed by atoms with Crippen LogP contribution in [0.2, 0.25) is 0 Å². The number of anilines is 1. The van der Waals surface area contributed by atoms with Crippen LogP contribution in [0.15, 0.2) is 65.3 Å². The molecule has 2 amide bonds. The molecule has 0 aliphatic heterocycles. The van der Waals surface area contributed by atoms with E-state index >= 15 is 0 Å². The average molecular weight is 430 g/mol. The molecule has 7 heteroatoms. The second-order valence-corrected chi connectivity index (χ2v) is 7.56. The molecule has 0 atom stereocenters.